The number of rotatable bonds is 4. The van der Waals surface area contributed by atoms with Gasteiger partial charge in [-0.1, -0.05) is 58.4 Å². The van der Waals surface area contributed by atoms with Crippen molar-refractivity contribution in [3.05, 3.63) is 69.7 Å². The molecule has 0 saturated heterocycles. The number of nitrogens with one attached hydrogen (secondary N) is 1. The highest BCUT2D eigenvalue weighted by molar-refractivity contribution is 9.10. The van der Waals surface area contributed by atoms with E-state index in [1.165, 1.54) is 16.7 Å². The molecule has 0 unspecified atom stereocenters. The van der Waals surface area contributed by atoms with Crippen molar-refractivity contribution in [1.29, 1.82) is 0 Å². The van der Waals surface area contributed by atoms with E-state index in [1.807, 2.05) is 0 Å². The minimum absolute atomic E-state index is 0.795. The lowest BCUT2D eigenvalue weighted by Gasteiger charge is -2.21. The van der Waals surface area contributed by atoms with Gasteiger partial charge < -0.3 is 10.2 Å². The van der Waals surface area contributed by atoms with Crippen LogP contribution >= 0.6 is 15.9 Å². The Morgan fingerprint density at radius 1 is 1.14 bits per heavy atom. The first kappa shape index (κ1) is 15.1. The largest absolute Gasteiger partial charge is 0.352 e. The average molecular weight is 358 g/mol. The van der Waals surface area contributed by atoms with Crippen LogP contribution in [0.3, 0.4) is 0 Å². The molecule has 0 radical (unpaired) electrons. The predicted octanol–water partition coefficient (Wildman–Crippen LogP) is 3.72. The molecule has 0 amide bonds. The van der Waals surface area contributed by atoms with Crippen molar-refractivity contribution in [1.82, 2.24) is 10.2 Å². The summed E-state index contributed by atoms with van der Waals surface area (Å²) in [5.74, 6) is 1.00. The Morgan fingerprint density at radius 2 is 1.95 bits per heavy atom. The van der Waals surface area contributed by atoms with Crippen molar-refractivity contribution in [2.45, 2.75) is 20.0 Å². The maximum Gasteiger partial charge on any atom is 0.194 e. The van der Waals surface area contributed by atoms with Crippen molar-refractivity contribution in [2.24, 2.45) is 4.99 Å². The quantitative estimate of drug-likeness (QED) is 0.902. The smallest absolute Gasteiger partial charge is 0.194 e. The lowest BCUT2D eigenvalue weighted by molar-refractivity contribution is 0.436. The van der Waals surface area contributed by atoms with Gasteiger partial charge in [0.05, 0.1) is 6.54 Å². The van der Waals surface area contributed by atoms with Crippen LogP contribution in [-0.4, -0.2) is 23.9 Å². The molecule has 0 fully saturated rings. The van der Waals surface area contributed by atoms with Crippen LogP contribution in [-0.2, 0) is 13.1 Å². The monoisotopic (exact) mass is 357 g/mol. The predicted molar refractivity (Wildman–Crippen MR) is 94.9 cm³/mol. The second-order valence-electron chi connectivity index (χ2n) is 5.55. The standard InChI is InChI=1S/C18H20BrN3/c1-14-7-8-16(11-17(14)19)12-21-18-20-9-10-22(18)13-15-5-3-2-4-6-15/h2-8,11H,9-10,12-13H2,1H3,(H,20,21). The van der Waals surface area contributed by atoms with Crippen molar-refractivity contribution >= 4 is 21.9 Å². The number of guanidine groups is 1. The summed E-state index contributed by atoms with van der Waals surface area (Å²) in [6.07, 6.45) is 0. The third-order valence-electron chi connectivity index (χ3n) is 3.83. The van der Waals surface area contributed by atoms with Gasteiger partial charge in [-0.2, -0.15) is 0 Å². The molecule has 22 heavy (non-hydrogen) atoms. The molecule has 0 bridgehead atoms. The Kier molecular flexibility index (Phi) is 4.78. The van der Waals surface area contributed by atoms with Crippen LogP contribution in [0.25, 0.3) is 0 Å². The summed E-state index contributed by atoms with van der Waals surface area (Å²) in [7, 11) is 0. The van der Waals surface area contributed by atoms with Crippen LogP contribution in [0.15, 0.2) is 58.0 Å². The topological polar surface area (TPSA) is 27.6 Å². The van der Waals surface area contributed by atoms with E-state index in [-0.39, 0.29) is 0 Å². The van der Waals surface area contributed by atoms with E-state index in [2.05, 4.69) is 86.6 Å². The first-order valence-corrected chi connectivity index (χ1v) is 8.34. The molecule has 0 aliphatic carbocycles. The third-order valence-corrected chi connectivity index (χ3v) is 4.69. The van der Waals surface area contributed by atoms with Gasteiger partial charge in [0.15, 0.2) is 5.96 Å². The summed E-state index contributed by atoms with van der Waals surface area (Å²) in [4.78, 5) is 6.89. The van der Waals surface area contributed by atoms with E-state index in [1.54, 1.807) is 0 Å². The Hall–Kier alpha value is -1.81. The number of benzene rings is 2. The van der Waals surface area contributed by atoms with E-state index in [4.69, 9.17) is 0 Å². The molecule has 1 aliphatic rings. The van der Waals surface area contributed by atoms with Crippen LogP contribution in [0.2, 0.25) is 0 Å². The Morgan fingerprint density at radius 3 is 2.73 bits per heavy atom. The van der Waals surface area contributed by atoms with Gasteiger partial charge in [0.2, 0.25) is 0 Å². The Bertz CT molecular complexity index is 667. The summed E-state index contributed by atoms with van der Waals surface area (Å²) in [6, 6.07) is 17.0. The van der Waals surface area contributed by atoms with Crippen molar-refractivity contribution < 1.29 is 0 Å². The number of hydrogen-bond donors (Lipinski definition) is 1. The number of aliphatic imine (C=N–C) groups is 1. The number of nitrogens with zero attached hydrogens (tertiary/aromatic N) is 2. The Labute approximate surface area is 140 Å². The molecule has 0 atom stereocenters. The second kappa shape index (κ2) is 6.97. The molecule has 4 heteroatoms. The molecule has 114 valence electrons. The van der Waals surface area contributed by atoms with Crippen LogP contribution in [0.4, 0.5) is 0 Å². The fourth-order valence-electron chi connectivity index (χ4n) is 2.54. The fraction of sp³-hybridized carbons (Fsp3) is 0.278. The minimum atomic E-state index is 0.795. The first-order valence-electron chi connectivity index (χ1n) is 7.54. The van der Waals surface area contributed by atoms with Gasteiger partial charge in [0, 0.05) is 24.1 Å². The second-order valence-corrected chi connectivity index (χ2v) is 6.40. The lowest BCUT2D eigenvalue weighted by atomic mass is 10.1. The summed E-state index contributed by atoms with van der Waals surface area (Å²) in [5, 5.41) is 3.47. The van der Waals surface area contributed by atoms with Gasteiger partial charge >= 0.3 is 0 Å². The molecule has 1 heterocycles. The van der Waals surface area contributed by atoms with Gasteiger partial charge in [-0.05, 0) is 29.7 Å². The van der Waals surface area contributed by atoms with Crippen molar-refractivity contribution in [3.63, 3.8) is 0 Å². The van der Waals surface area contributed by atoms with Crippen LogP contribution < -0.4 is 5.32 Å². The molecule has 3 nitrogen and oxygen atoms in total. The number of halogens is 1. The molecule has 0 spiro atoms. The SMILES string of the molecule is Cc1ccc(CNC2=NCCN2Cc2ccccc2)cc1Br. The first-order chi connectivity index (χ1) is 10.7. The minimum Gasteiger partial charge on any atom is -0.352 e. The van der Waals surface area contributed by atoms with Crippen LogP contribution in [0, 0.1) is 6.92 Å². The molecule has 2 aromatic rings. The van der Waals surface area contributed by atoms with E-state index in [0.29, 0.717) is 0 Å². The zero-order valence-electron chi connectivity index (χ0n) is 12.7. The summed E-state index contributed by atoms with van der Waals surface area (Å²) in [6.45, 7) is 5.65. The van der Waals surface area contributed by atoms with E-state index < -0.39 is 0 Å². The lowest BCUT2D eigenvalue weighted by Crippen LogP contribution is -2.37. The molecule has 1 N–H and O–H groups in total. The van der Waals surface area contributed by atoms with Crippen molar-refractivity contribution in [2.75, 3.05) is 13.1 Å². The van der Waals surface area contributed by atoms with Gasteiger partial charge in [-0.3, -0.25) is 4.99 Å². The summed E-state index contributed by atoms with van der Waals surface area (Å²) in [5.41, 5.74) is 3.83. The number of hydrogen-bond acceptors (Lipinski definition) is 3. The van der Waals surface area contributed by atoms with Gasteiger partial charge in [-0.25, -0.2) is 0 Å². The third kappa shape index (κ3) is 3.69. The van der Waals surface area contributed by atoms with E-state index >= 15 is 0 Å². The average Bonchev–Trinajstić information content (AvgIpc) is 2.97. The van der Waals surface area contributed by atoms with Gasteiger partial charge in [-0.15, -0.1) is 0 Å². The molecule has 2 aromatic carbocycles. The molecular formula is C18H20BrN3. The maximum absolute atomic E-state index is 4.59. The molecular weight excluding hydrogens is 338 g/mol. The molecule has 0 aromatic heterocycles. The van der Waals surface area contributed by atoms with Gasteiger partial charge in [0.1, 0.15) is 0 Å². The highest BCUT2D eigenvalue weighted by Crippen LogP contribution is 2.17. The Balaban J connectivity index is 1.60. The zero-order chi connectivity index (χ0) is 15.4. The maximum atomic E-state index is 4.59. The van der Waals surface area contributed by atoms with Crippen molar-refractivity contribution in [3.8, 4) is 0 Å². The fourth-order valence-corrected chi connectivity index (χ4v) is 2.96. The number of aryl methyl sites for hydroxylation is 1. The van der Waals surface area contributed by atoms with E-state index in [9.17, 15) is 0 Å². The van der Waals surface area contributed by atoms with Crippen LogP contribution in [0.1, 0.15) is 16.7 Å². The van der Waals surface area contributed by atoms with Crippen LogP contribution in [0.5, 0.6) is 0 Å². The van der Waals surface area contributed by atoms with Gasteiger partial charge in [0.25, 0.3) is 0 Å². The highest BCUT2D eigenvalue weighted by atomic mass is 79.9. The molecule has 0 saturated carbocycles. The zero-order valence-corrected chi connectivity index (χ0v) is 14.3. The summed E-state index contributed by atoms with van der Waals surface area (Å²) < 4.78 is 1.15. The normalized spacial score (nSPS) is 14.1. The highest BCUT2D eigenvalue weighted by Gasteiger charge is 2.16. The molecule has 1 aliphatic heterocycles. The molecule has 3 rings (SSSR count). The summed E-state index contributed by atoms with van der Waals surface area (Å²) >= 11 is 3.59. The van der Waals surface area contributed by atoms with E-state index in [0.717, 1.165) is 36.6 Å².